The molecule has 0 spiro atoms. The fourth-order valence-electron chi connectivity index (χ4n) is 1.61. The van der Waals surface area contributed by atoms with Crippen molar-refractivity contribution in [3.63, 3.8) is 0 Å². The van der Waals surface area contributed by atoms with E-state index in [2.05, 4.69) is 9.88 Å². The molecule has 1 aliphatic rings. The number of rotatable bonds is 3. The number of hydrogen-bond acceptors (Lipinski definition) is 4. The summed E-state index contributed by atoms with van der Waals surface area (Å²) in [5.74, 6) is -0.550. The molecule has 0 amide bonds. The monoisotopic (exact) mass is 236 g/mol. The van der Waals surface area contributed by atoms with Gasteiger partial charge in [0.05, 0.1) is 6.54 Å². The molecular formula is C9H13KN2O3. The van der Waals surface area contributed by atoms with E-state index in [1.807, 2.05) is 0 Å². The minimum atomic E-state index is -1.04. The Morgan fingerprint density at radius 1 is 1.60 bits per heavy atom. The molecule has 0 aliphatic carbocycles. The predicted molar refractivity (Wildman–Crippen MR) is 49.1 cm³/mol. The molecule has 2 rings (SSSR count). The summed E-state index contributed by atoms with van der Waals surface area (Å²) in [5, 5.41) is 8.62. The third-order valence-corrected chi connectivity index (χ3v) is 2.33. The molecule has 15 heavy (non-hydrogen) atoms. The standard InChI is InChI=1S/C9H12N2O3.K.H/c12-9(13)7-6-14-8(10-7)5-11-3-1-2-4-11;;/h6H,1-5H2,(H,12,13);;/q;+1;-1. The van der Waals surface area contributed by atoms with Crippen molar-refractivity contribution in [2.45, 2.75) is 19.4 Å². The van der Waals surface area contributed by atoms with Gasteiger partial charge in [0.2, 0.25) is 5.89 Å². The fraction of sp³-hybridized carbons (Fsp3) is 0.556. The molecule has 0 atom stereocenters. The summed E-state index contributed by atoms with van der Waals surface area (Å²) in [7, 11) is 0. The molecular weight excluding hydrogens is 223 g/mol. The molecule has 1 aliphatic heterocycles. The van der Waals surface area contributed by atoms with Crippen LogP contribution in [0.2, 0.25) is 0 Å². The van der Waals surface area contributed by atoms with Gasteiger partial charge in [-0.3, -0.25) is 4.90 Å². The fourth-order valence-corrected chi connectivity index (χ4v) is 1.61. The van der Waals surface area contributed by atoms with Gasteiger partial charge in [-0.05, 0) is 25.9 Å². The number of oxazole rings is 1. The van der Waals surface area contributed by atoms with E-state index in [1.54, 1.807) is 0 Å². The minimum absolute atomic E-state index is 0. The molecule has 1 aromatic rings. The van der Waals surface area contributed by atoms with Gasteiger partial charge in [-0.2, -0.15) is 0 Å². The summed E-state index contributed by atoms with van der Waals surface area (Å²) in [6, 6.07) is 0. The van der Waals surface area contributed by atoms with Crippen LogP contribution in [0.15, 0.2) is 10.7 Å². The summed E-state index contributed by atoms with van der Waals surface area (Å²) in [5.41, 5.74) is -0.0146. The van der Waals surface area contributed by atoms with Crippen LogP contribution < -0.4 is 51.4 Å². The van der Waals surface area contributed by atoms with Crippen LogP contribution in [0.3, 0.4) is 0 Å². The van der Waals surface area contributed by atoms with Crippen LogP contribution in [0.25, 0.3) is 0 Å². The number of likely N-dealkylation sites (tertiary alicyclic amines) is 1. The van der Waals surface area contributed by atoms with E-state index in [1.165, 1.54) is 19.1 Å². The van der Waals surface area contributed by atoms with Crippen LogP contribution in [0.4, 0.5) is 0 Å². The van der Waals surface area contributed by atoms with Crippen LogP contribution in [0.5, 0.6) is 0 Å². The number of carboxylic acid groups (broad SMARTS) is 1. The molecule has 0 unspecified atom stereocenters. The average molecular weight is 236 g/mol. The topological polar surface area (TPSA) is 66.6 Å². The van der Waals surface area contributed by atoms with E-state index in [4.69, 9.17) is 9.52 Å². The smallest absolute Gasteiger partial charge is 1.00 e. The molecule has 5 nitrogen and oxygen atoms in total. The van der Waals surface area contributed by atoms with E-state index in [0.717, 1.165) is 13.1 Å². The second kappa shape index (κ2) is 6.12. The van der Waals surface area contributed by atoms with Gasteiger partial charge in [-0.15, -0.1) is 0 Å². The summed E-state index contributed by atoms with van der Waals surface area (Å²) < 4.78 is 5.05. The third kappa shape index (κ3) is 3.65. The number of carboxylic acids is 1. The molecule has 1 saturated heterocycles. The molecule has 2 heterocycles. The van der Waals surface area contributed by atoms with E-state index in [0.29, 0.717) is 12.4 Å². The average Bonchev–Trinajstić information content (AvgIpc) is 2.75. The van der Waals surface area contributed by atoms with Gasteiger partial charge >= 0.3 is 57.4 Å². The zero-order valence-corrected chi connectivity index (χ0v) is 11.9. The summed E-state index contributed by atoms with van der Waals surface area (Å²) in [4.78, 5) is 16.6. The van der Waals surface area contributed by atoms with E-state index >= 15 is 0 Å². The van der Waals surface area contributed by atoms with Crippen molar-refractivity contribution < 1.29 is 67.1 Å². The number of aromatic carboxylic acids is 1. The van der Waals surface area contributed by atoms with Crippen LogP contribution in [0.1, 0.15) is 30.6 Å². The van der Waals surface area contributed by atoms with Crippen molar-refractivity contribution in [1.82, 2.24) is 9.88 Å². The first-order chi connectivity index (χ1) is 6.75. The summed E-state index contributed by atoms with van der Waals surface area (Å²) >= 11 is 0. The van der Waals surface area contributed by atoms with Gasteiger partial charge in [0.1, 0.15) is 6.26 Å². The van der Waals surface area contributed by atoms with Crippen LogP contribution in [-0.2, 0) is 6.54 Å². The number of nitrogens with zero attached hydrogens (tertiary/aromatic N) is 2. The number of hydrogen-bond donors (Lipinski definition) is 1. The van der Waals surface area contributed by atoms with Gasteiger partial charge in [-0.25, -0.2) is 9.78 Å². The summed E-state index contributed by atoms with van der Waals surface area (Å²) in [6.45, 7) is 2.71. The van der Waals surface area contributed by atoms with E-state index < -0.39 is 5.97 Å². The quantitative estimate of drug-likeness (QED) is 0.620. The Morgan fingerprint density at radius 3 is 2.80 bits per heavy atom. The molecule has 0 aromatic carbocycles. The zero-order valence-electron chi connectivity index (χ0n) is 9.77. The largest absolute Gasteiger partial charge is 1.00 e. The van der Waals surface area contributed by atoms with Gasteiger partial charge in [0, 0.05) is 0 Å². The molecule has 1 aromatic heterocycles. The second-order valence-electron chi connectivity index (χ2n) is 3.41. The maximum atomic E-state index is 10.5. The minimum Gasteiger partial charge on any atom is -1.00 e. The van der Waals surface area contributed by atoms with Crippen molar-refractivity contribution in [3.8, 4) is 0 Å². The van der Waals surface area contributed by atoms with Gasteiger partial charge in [0.25, 0.3) is 0 Å². The SMILES string of the molecule is O=C(O)c1coc(CN2CCCC2)n1.[H-].[K+]. The zero-order chi connectivity index (χ0) is 9.97. The van der Waals surface area contributed by atoms with Crippen molar-refractivity contribution in [2.75, 3.05) is 13.1 Å². The Balaban J connectivity index is 0.00000112. The first-order valence-corrected chi connectivity index (χ1v) is 4.66. The Hall–Kier alpha value is 0.276. The van der Waals surface area contributed by atoms with Crippen molar-refractivity contribution in [3.05, 3.63) is 17.8 Å². The van der Waals surface area contributed by atoms with Gasteiger partial charge in [0.15, 0.2) is 5.69 Å². The Morgan fingerprint density at radius 2 is 2.27 bits per heavy atom. The first kappa shape index (κ1) is 13.3. The van der Waals surface area contributed by atoms with Crippen molar-refractivity contribution in [2.24, 2.45) is 0 Å². The summed E-state index contributed by atoms with van der Waals surface area (Å²) in [6.07, 6.45) is 3.59. The van der Waals surface area contributed by atoms with Crippen molar-refractivity contribution >= 4 is 5.97 Å². The molecule has 0 bridgehead atoms. The van der Waals surface area contributed by atoms with E-state index in [9.17, 15) is 4.79 Å². The third-order valence-electron chi connectivity index (χ3n) is 2.33. The molecule has 1 fully saturated rings. The molecule has 0 radical (unpaired) electrons. The maximum Gasteiger partial charge on any atom is 1.00 e. The maximum absolute atomic E-state index is 10.5. The van der Waals surface area contributed by atoms with E-state index in [-0.39, 0.29) is 58.5 Å². The second-order valence-corrected chi connectivity index (χ2v) is 3.41. The van der Waals surface area contributed by atoms with Crippen molar-refractivity contribution in [1.29, 1.82) is 0 Å². The van der Waals surface area contributed by atoms with Crippen LogP contribution >= 0.6 is 0 Å². The molecule has 0 saturated carbocycles. The predicted octanol–water partition coefficient (Wildman–Crippen LogP) is -1.91. The first-order valence-electron chi connectivity index (χ1n) is 4.66. The molecule has 78 valence electrons. The number of carbonyl (C=O) groups is 1. The normalized spacial score (nSPS) is 16.3. The van der Waals surface area contributed by atoms with Gasteiger partial charge in [-0.1, -0.05) is 0 Å². The Labute approximate surface area is 132 Å². The van der Waals surface area contributed by atoms with Crippen LogP contribution in [0, 0.1) is 0 Å². The molecule has 1 N–H and O–H groups in total. The number of aromatic nitrogens is 1. The Bertz CT molecular complexity index is 339. The van der Waals surface area contributed by atoms with Crippen LogP contribution in [-0.4, -0.2) is 34.0 Å². The van der Waals surface area contributed by atoms with Gasteiger partial charge < -0.3 is 11.0 Å². The molecule has 6 heteroatoms. The Kier molecular flexibility index (Phi) is 5.44.